The van der Waals surface area contributed by atoms with E-state index >= 15 is 0 Å². The molecule has 0 amide bonds. The summed E-state index contributed by atoms with van der Waals surface area (Å²) < 4.78 is 1.07. The zero-order valence-electron chi connectivity index (χ0n) is 14.8. The Morgan fingerprint density at radius 3 is 2.41 bits per heavy atom. The first-order valence-corrected chi connectivity index (χ1v) is 9.46. The van der Waals surface area contributed by atoms with Crippen LogP contribution in [-0.4, -0.2) is 74.7 Å². The Bertz CT molecular complexity index is 658. The zero-order valence-corrected chi connectivity index (χ0v) is 16.4. The molecule has 2 aliphatic rings. The minimum Gasteiger partial charge on any atom is -0.479 e. The van der Waals surface area contributed by atoms with Crippen LogP contribution in [0, 0.1) is 5.92 Å². The first-order chi connectivity index (χ1) is 12.8. The minimum atomic E-state index is -2.27. The van der Waals surface area contributed by atoms with Crippen LogP contribution in [0.25, 0.3) is 0 Å². The molecule has 0 aromatic carbocycles. The summed E-state index contributed by atoms with van der Waals surface area (Å²) in [5.41, 5.74) is 1.27. The highest BCUT2D eigenvalue weighted by molar-refractivity contribution is 9.10. The fraction of sp³-hybridized carbons (Fsp3) is 0.588. The number of fused-ring (bicyclic) bond motifs is 1. The molecule has 1 aromatic heterocycles. The molecule has 9 nitrogen and oxygen atoms in total. The molecule has 10 heteroatoms. The highest BCUT2D eigenvalue weighted by atomic mass is 79.9. The number of carboxylic acids is 2. The summed E-state index contributed by atoms with van der Waals surface area (Å²) >= 11 is 3.51. The van der Waals surface area contributed by atoms with E-state index in [4.69, 9.17) is 20.4 Å². The molecule has 1 saturated heterocycles. The quantitative estimate of drug-likeness (QED) is 0.400. The van der Waals surface area contributed by atoms with Crippen LogP contribution >= 0.6 is 15.9 Å². The van der Waals surface area contributed by atoms with Crippen molar-refractivity contribution >= 4 is 33.6 Å². The smallest absolute Gasteiger partial charge is 0.335 e. The number of anilines is 1. The lowest BCUT2D eigenvalue weighted by Crippen LogP contribution is -2.40. The number of pyridine rings is 1. The van der Waals surface area contributed by atoms with Crippen LogP contribution < -0.4 is 10.2 Å². The second-order valence-corrected chi connectivity index (χ2v) is 7.51. The largest absolute Gasteiger partial charge is 0.479 e. The molecule has 3 rings (SSSR count). The van der Waals surface area contributed by atoms with E-state index in [1.54, 1.807) is 0 Å². The maximum absolute atomic E-state index is 9.77. The number of nitrogens with zero attached hydrogens (tertiary/aromatic N) is 2. The maximum Gasteiger partial charge on any atom is 0.335 e. The van der Waals surface area contributed by atoms with Crippen LogP contribution in [0.4, 0.5) is 5.69 Å². The number of halogens is 1. The van der Waals surface area contributed by atoms with E-state index in [0.717, 1.165) is 29.5 Å². The fourth-order valence-electron chi connectivity index (χ4n) is 3.27. The van der Waals surface area contributed by atoms with Gasteiger partial charge in [0, 0.05) is 29.3 Å². The summed E-state index contributed by atoms with van der Waals surface area (Å²) in [6.45, 7) is 4.31. The van der Waals surface area contributed by atoms with Crippen molar-refractivity contribution in [2.45, 2.75) is 44.1 Å². The summed E-state index contributed by atoms with van der Waals surface area (Å²) in [5, 5.41) is 36.0. The van der Waals surface area contributed by atoms with Crippen LogP contribution in [0.1, 0.15) is 19.8 Å². The van der Waals surface area contributed by atoms with E-state index in [0.29, 0.717) is 6.04 Å². The van der Waals surface area contributed by atoms with E-state index in [2.05, 4.69) is 44.1 Å². The first-order valence-electron chi connectivity index (χ1n) is 8.67. The van der Waals surface area contributed by atoms with Gasteiger partial charge in [0.25, 0.3) is 0 Å². The summed E-state index contributed by atoms with van der Waals surface area (Å²) in [7, 11) is 0. The third-order valence-electron chi connectivity index (χ3n) is 4.63. The predicted molar refractivity (Wildman–Crippen MR) is 101 cm³/mol. The average Bonchev–Trinajstić information content (AvgIpc) is 3.29. The standard InChI is InChI=1S/C13H18BrN3.C4H6O6/c1-2-15-7-11-3-9-4-13(9)17(11)12-5-10(14)6-16-8-12;5-1(3(7)8)2(6)4(9)10/h5-6,8-9,11,13,15H,2-4,7H2,1H3;1-2,5-6H,(H,7,8)(H,9,10). The molecule has 5 atom stereocenters. The summed E-state index contributed by atoms with van der Waals surface area (Å²) in [4.78, 5) is 26.4. The normalized spacial score (nSPS) is 25.0. The minimum absolute atomic E-state index is 0.648. The van der Waals surface area contributed by atoms with Crippen molar-refractivity contribution in [1.82, 2.24) is 10.3 Å². The van der Waals surface area contributed by atoms with Gasteiger partial charge in [0.1, 0.15) is 0 Å². The topological polar surface area (TPSA) is 143 Å². The molecule has 1 aliphatic heterocycles. The number of aliphatic carboxylic acids is 2. The van der Waals surface area contributed by atoms with E-state index in [1.807, 2.05) is 12.4 Å². The molecule has 2 fully saturated rings. The van der Waals surface area contributed by atoms with Gasteiger partial charge in [-0.3, -0.25) is 4.98 Å². The van der Waals surface area contributed by atoms with E-state index in [1.165, 1.54) is 18.5 Å². The summed E-state index contributed by atoms with van der Waals surface area (Å²) in [6.07, 6.45) is 2.02. The SMILES string of the molecule is CCNCC1CC2CC2N1c1cncc(Br)c1.O=C(O)C(O)C(O)C(=O)O. The Balaban J connectivity index is 0.000000227. The molecule has 150 valence electrons. The number of hydrogen-bond donors (Lipinski definition) is 5. The summed E-state index contributed by atoms with van der Waals surface area (Å²) in [6, 6.07) is 3.61. The van der Waals surface area contributed by atoms with Gasteiger partial charge in [-0.05, 0) is 47.3 Å². The van der Waals surface area contributed by atoms with Crippen LogP contribution in [0.2, 0.25) is 0 Å². The Labute approximate surface area is 165 Å². The zero-order chi connectivity index (χ0) is 20.1. The molecule has 0 radical (unpaired) electrons. The highest BCUT2D eigenvalue weighted by Crippen LogP contribution is 2.49. The number of aliphatic hydroxyl groups is 2. The Morgan fingerprint density at radius 1 is 1.26 bits per heavy atom. The number of hydrogen-bond acceptors (Lipinski definition) is 7. The second kappa shape index (κ2) is 9.45. The molecule has 27 heavy (non-hydrogen) atoms. The number of carboxylic acid groups (broad SMARTS) is 2. The second-order valence-electron chi connectivity index (χ2n) is 6.60. The van der Waals surface area contributed by atoms with Crippen molar-refractivity contribution in [3.8, 4) is 0 Å². The van der Waals surface area contributed by atoms with Crippen molar-refractivity contribution in [2.24, 2.45) is 5.92 Å². The predicted octanol–water partition coefficient (Wildman–Crippen LogP) is 0.298. The van der Waals surface area contributed by atoms with Crippen LogP contribution in [0.15, 0.2) is 22.9 Å². The van der Waals surface area contributed by atoms with E-state index in [9.17, 15) is 9.59 Å². The number of nitrogens with one attached hydrogen (secondary N) is 1. The molecule has 0 spiro atoms. The van der Waals surface area contributed by atoms with Crippen LogP contribution in [-0.2, 0) is 9.59 Å². The van der Waals surface area contributed by atoms with Crippen molar-refractivity contribution < 1.29 is 30.0 Å². The number of aromatic nitrogens is 1. The van der Waals surface area contributed by atoms with Gasteiger partial charge in [0.05, 0.1) is 11.9 Å². The van der Waals surface area contributed by atoms with Crippen LogP contribution in [0.3, 0.4) is 0 Å². The van der Waals surface area contributed by atoms with E-state index < -0.39 is 24.1 Å². The summed E-state index contributed by atoms with van der Waals surface area (Å²) in [5.74, 6) is -2.61. The number of piperidine rings is 1. The first kappa shape index (κ1) is 21.5. The van der Waals surface area contributed by atoms with Gasteiger partial charge in [0.2, 0.25) is 0 Å². The number of likely N-dealkylation sites (N-methyl/N-ethyl adjacent to an activating group) is 1. The van der Waals surface area contributed by atoms with Crippen molar-refractivity contribution in [3.05, 3.63) is 22.9 Å². The monoisotopic (exact) mass is 445 g/mol. The molecular weight excluding hydrogens is 422 g/mol. The number of rotatable bonds is 7. The van der Waals surface area contributed by atoms with Crippen molar-refractivity contribution in [1.29, 1.82) is 0 Å². The van der Waals surface area contributed by atoms with Gasteiger partial charge >= 0.3 is 11.9 Å². The van der Waals surface area contributed by atoms with Gasteiger partial charge in [-0.25, -0.2) is 9.59 Å². The molecule has 0 bridgehead atoms. The van der Waals surface area contributed by atoms with Gasteiger partial charge in [-0.1, -0.05) is 6.92 Å². The van der Waals surface area contributed by atoms with Gasteiger partial charge in [-0.2, -0.15) is 0 Å². The molecular formula is C17H24BrN3O6. The highest BCUT2D eigenvalue weighted by Gasteiger charge is 2.51. The molecule has 5 N–H and O–H groups in total. The number of aliphatic hydroxyl groups excluding tert-OH is 2. The lowest BCUT2D eigenvalue weighted by molar-refractivity contribution is -0.165. The lowest BCUT2D eigenvalue weighted by atomic mass is 10.1. The third kappa shape index (κ3) is 5.61. The molecule has 1 aromatic rings. The molecule has 5 unspecified atom stereocenters. The van der Waals surface area contributed by atoms with E-state index in [-0.39, 0.29) is 0 Å². The van der Waals surface area contributed by atoms with Gasteiger partial charge in [-0.15, -0.1) is 0 Å². The van der Waals surface area contributed by atoms with Gasteiger partial charge in [0.15, 0.2) is 12.2 Å². The molecule has 2 heterocycles. The third-order valence-corrected chi connectivity index (χ3v) is 5.07. The Kier molecular flexibility index (Phi) is 7.54. The van der Waals surface area contributed by atoms with Gasteiger partial charge < -0.3 is 30.6 Å². The lowest BCUT2D eigenvalue weighted by Gasteiger charge is -2.29. The van der Waals surface area contributed by atoms with Crippen molar-refractivity contribution in [3.63, 3.8) is 0 Å². The van der Waals surface area contributed by atoms with Crippen molar-refractivity contribution in [2.75, 3.05) is 18.0 Å². The number of carbonyl (C=O) groups is 2. The Morgan fingerprint density at radius 2 is 1.89 bits per heavy atom. The molecule has 1 aliphatic carbocycles. The maximum atomic E-state index is 9.77. The van der Waals surface area contributed by atoms with Crippen LogP contribution in [0.5, 0.6) is 0 Å². The average molecular weight is 446 g/mol. The fourth-order valence-corrected chi connectivity index (χ4v) is 3.62. The molecule has 1 saturated carbocycles. The Hall–Kier alpha value is -1.75.